The second-order valence-corrected chi connectivity index (χ2v) is 9.66. The van der Waals surface area contributed by atoms with Crippen LogP contribution in [-0.2, 0) is 4.79 Å². The number of nitrogens with zero attached hydrogens (tertiary/aromatic N) is 2. The van der Waals surface area contributed by atoms with Crippen molar-refractivity contribution in [2.24, 2.45) is 5.73 Å². The summed E-state index contributed by atoms with van der Waals surface area (Å²) in [5.41, 5.74) is 7.66. The molecule has 0 aromatic heterocycles. The van der Waals surface area contributed by atoms with E-state index in [1.54, 1.807) is 23.9 Å². The van der Waals surface area contributed by atoms with E-state index in [2.05, 4.69) is 11.0 Å². The van der Waals surface area contributed by atoms with Crippen LogP contribution < -0.4 is 10.6 Å². The smallest absolute Gasteiger partial charge is 0.248 e. The molecule has 1 saturated heterocycles. The summed E-state index contributed by atoms with van der Waals surface area (Å²) in [6, 6.07) is 15.4. The second-order valence-electron chi connectivity index (χ2n) is 8.52. The summed E-state index contributed by atoms with van der Waals surface area (Å²) >= 11 is 1.56. The first-order valence-electron chi connectivity index (χ1n) is 11.4. The Morgan fingerprint density at radius 1 is 1.06 bits per heavy atom. The van der Waals surface area contributed by atoms with Crippen molar-refractivity contribution in [2.45, 2.75) is 48.3 Å². The number of amides is 2. The molecule has 0 radical (unpaired) electrons. The van der Waals surface area contributed by atoms with Gasteiger partial charge in [0, 0.05) is 23.0 Å². The molecule has 2 aromatic rings. The van der Waals surface area contributed by atoms with Crippen molar-refractivity contribution in [1.82, 2.24) is 4.90 Å². The molecule has 0 saturated carbocycles. The largest absolute Gasteiger partial charge is 0.395 e. The van der Waals surface area contributed by atoms with Gasteiger partial charge in [0.2, 0.25) is 11.8 Å². The van der Waals surface area contributed by atoms with Gasteiger partial charge in [0.15, 0.2) is 0 Å². The number of benzene rings is 2. The quantitative estimate of drug-likeness (QED) is 0.567. The SMILES string of the molecule is NC(=O)c1ccc(C2Sc3ccccc3N(CCCCCN3CCCC3CO)C2=O)cc1. The number of hydrogen-bond acceptors (Lipinski definition) is 5. The zero-order valence-electron chi connectivity index (χ0n) is 18.3. The van der Waals surface area contributed by atoms with Crippen molar-refractivity contribution in [2.75, 3.05) is 31.1 Å². The minimum absolute atomic E-state index is 0.0837. The molecule has 2 heterocycles. The highest BCUT2D eigenvalue weighted by Gasteiger charge is 2.34. The molecular formula is C25H31N3O3S. The topological polar surface area (TPSA) is 86.9 Å². The third-order valence-electron chi connectivity index (χ3n) is 6.43. The fourth-order valence-corrected chi connectivity index (χ4v) is 5.87. The number of rotatable bonds is 9. The highest BCUT2D eigenvalue weighted by atomic mass is 32.2. The van der Waals surface area contributed by atoms with Gasteiger partial charge < -0.3 is 15.7 Å². The van der Waals surface area contributed by atoms with Crippen LogP contribution in [0.5, 0.6) is 0 Å². The van der Waals surface area contributed by atoms with Crippen molar-refractivity contribution in [3.05, 3.63) is 59.7 Å². The average molecular weight is 454 g/mol. The van der Waals surface area contributed by atoms with Crippen LogP contribution in [-0.4, -0.2) is 54.1 Å². The highest BCUT2D eigenvalue weighted by Crippen LogP contribution is 2.46. The summed E-state index contributed by atoms with van der Waals surface area (Å²) in [5.74, 6) is -0.384. The fourth-order valence-electron chi connectivity index (χ4n) is 4.64. The second kappa shape index (κ2) is 10.5. The predicted octanol–water partition coefficient (Wildman–Crippen LogP) is 3.59. The predicted molar refractivity (Wildman–Crippen MR) is 128 cm³/mol. The molecule has 32 heavy (non-hydrogen) atoms. The molecule has 3 N–H and O–H groups in total. The lowest BCUT2D eigenvalue weighted by Crippen LogP contribution is -2.38. The maximum absolute atomic E-state index is 13.4. The number of primary amides is 1. The highest BCUT2D eigenvalue weighted by molar-refractivity contribution is 8.00. The number of anilines is 1. The zero-order valence-corrected chi connectivity index (χ0v) is 19.1. The molecule has 7 heteroatoms. The van der Waals surface area contributed by atoms with Crippen LogP contribution in [0.2, 0.25) is 0 Å². The lowest BCUT2D eigenvalue weighted by atomic mass is 10.1. The Balaban J connectivity index is 1.40. The number of thioether (sulfide) groups is 1. The first-order valence-corrected chi connectivity index (χ1v) is 12.3. The molecule has 2 aliphatic rings. The van der Waals surface area contributed by atoms with E-state index in [9.17, 15) is 14.7 Å². The number of carbonyl (C=O) groups is 2. The number of carbonyl (C=O) groups excluding carboxylic acids is 2. The molecule has 2 amide bonds. The Morgan fingerprint density at radius 2 is 1.81 bits per heavy atom. The first kappa shape index (κ1) is 22.8. The van der Waals surface area contributed by atoms with Crippen LogP contribution in [0.25, 0.3) is 0 Å². The van der Waals surface area contributed by atoms with Crippen molar-refractivity contribution < 1.29 is 14.7 Å². The molecule has 2 unspecified atom stereocenters. The summed E-state index contributed by atoms with van der Waals surface area (Å²) in [7, 11) is 0. The summed E-state index contributed by atoms with van der Waals surface area (Å²) in [6.07, 6.45) is 5.33. The van der Waals surface area contributed by atoms with Gasteiger partial charge in [-0.2, -0.15) is 0 Å². The Labute approximate surface area is 193 Å². The fraction of sp³-hybridized carbons (Fsp3) is 0.440. The molecule has 4 rings (SSSR count). The van der Waals surface area contributed by atoms with Gasteiger partial charge in [-0.15, -0.1) is 11.8 Å². The van der Waals surface area contributed by atoms with Crippen molar-refractivity contribution >= 4 is 29.3 Å². The van der Waals surface area contributed by atoms with Gasteiger partial charge >= 0.3 is 0 Å². The number of aliphatic hydroxyl groups excluding tert-OH is 1. The number of fused-ring (bicyclic) bond motifs is 1. The molecule has 6 nitrogen and oxygen atoms in total. The minimum Gasteiger partial charge on any atom is -0.395 e. The number of para-hydroxylation sites is 1. The van der Waals surface area contributed by atoms with E-state index in [0.29, 0.717) is 18.2 Å². The molecule has 2 aromatic carbocycles. The summed E-state index contributed by atoms with van der Waals surface area (Å²) in [5, 5.41) is 9.15. The molecule has 0 bridgehead atoms. The Hall–Kier alpha value is -2.35. The number of hydrogen-bond donors (Lipinski definition) is 2. The first-order chi connectivity index (χ1) is 15.6. The van der Waals surface area contributed by atoms with Gasteiger partial charge in [-0.05, 0) is 68.6 Å². The van der Waals surface area contributed by atoms with Gasteiger partial charge in [-0.1, -0.05) is 30.7 Å². The van der Waals surface area contributed by atoms with Gasteiger partial charge in [0.1, 0.15) is 5.25 Å². The van der Waals surface area contributed by atoms with Gasteiger partial charge in [-0.25, -0.2) is 0 Å². The van der Waals surface area contributed by atoms with Gasteiger partial charge in [0.05, 0.1) is 12.3 Å². The van der Waals surface area contributed by atoms with Crippen LogP contribution in [0.15, 0.2) is 53.4 Å². The summed E-state index contributed by atoms with van der Waals surface area (Å²) in [4.78, 5) is 30.2. The van der Waals surface area contributed by atoms with E-state index in [1.165, 1.54) is 6.42 Å². The van der Waals surface area contributed by atoms with Crippen LogP contribution in [0, 0.1) is 0 Å². The van der Waals surface area contributed by atoms with Crippen LogP contribution in [0.4, 0.5) is 5.69 Å². The Kier molecular flexibility index (Phi) is 7.50. The Bertz CT molecular complexity index is 950. The van der Waals surface area contributed by atoms with E-state index in [0.717, 1.165) is 54.9 Å². The molecule has 1 fully saturated rings. The van der Waals surface area contributed by atoms with Gasteiger partial charge in [-0.3, -0.25) is 14.5 Å². The number of aliphatic hydroxyl groups is 1. The Morgan fingerprint density at radius 3 is 2.56 bits per heavy atom. The van der Waals surface area contributed by atoms with E-state index in [1.807, 2.05) is 35.2 Å². The lowest BCUT2D eigenvalue weighted by molar-refractivity contribution is -0.118. The third-order valence-corrected chi connectivity index (χ3v) is 7.73. The molecule has 2 atom stereocenters. The maximum atomic E-state index is 13.4. The molecule has 0 aliphatic carbocycles. The lowest BCUT2D eigenvalue weighted by Gasteiger charge is -2.34. The minimum atomic E-state index is -0.467. The standard InChI is InChI=1S/C25H31N3O3S/c26-24(30)19-12-10-18(11-13-19)23-25(31)28(21-8-2-3-9-22(21)32-23)16-5-1-4-14-27-15-6-7-20(27)17-29/h2-3,8-13,20,23,29H,1,4-7,14-17H2,(H2,26,30). The third kappa shape index (κ3) is 5.00. The van der Waals surface area contributed by atoms with Gasteiger partial charge in [0.25, 0.3) is 0 Å². The van der Waals surface area contributed by atoms with Crippen molar-refractivity contribution in [3.63, 3.8) is 0 Å². The van der Waals surface area contributed by atoms with E-state index < -0.39 is 5.91 Å². The molecule has 170 valence electrons. The number of unbranched alkanes of at least 4 members (excludes halogenated alkanes) is 2. The molecule has 2 aliphatic heterocycles. The number of nitrogens with two attached hydrogens (primary N) is 1. The zero-order chi connectivity index (χ0) is 22.5. The summed E-state index contributed by atoms with van der Waals surface area (Å²) < 4.78 is 0. The average Bonchev–Trinajstić information content (AvgIpc) is 3.27. The van der Waals surface area contributed by atoms with Crippen molar-refractivity contribution in [3.8, 4) is 0 Å². The van der Waals surface area contributed by atoms with Crippen molar-refractivity contribution in [1.29, 1.82) is 0 Å². The summed E-state index contributed by atoms with van der Waals surface area (Å²) in [6.45, 7) is 3.03. The molecule has 0 spiro atoms. The maximum Gasteiger partial charge on any atom is 0.248 e. The van der Waals surface area contributed by atoms with Crippen LogP contribution in [0.1, 0.15) is 53.3 Å². The van der Waals surface area contributed by atoms with E-state index >= 15 is 0 Å². The van der Waals surface area contributed by atoms with Crippen LogP contribution >= 0.6 is 11.8 Å². The van der Waals surface area contributed by atoms with Crippen LogP contribution in [0.3, 0.4) is 0 Å². The molecular weight excluding hydrogens is 422 g/mol. The number of likely N-dealkylation sites (tertiary alicyclic amines) is 1. The normalized spacial score (nSPS) is 21.0. The van der Waals surface area contributed by atoms with E-state index in [4.69, 9.17) is 5.73 Å². The van der Waals surface area contributed by atoms with E-state index in [-0.39, 0.29) is 17.8 Å². The monoisotopic (exact) mass is 453 g/mol.